The van der Waals surface area contributed by atoms with E-state index < -0.39 is 156 Å². The van der Waals surface area contributed by atoms with Gasteiger partial charge in [-0.3, -0.25) is 62.3 Å². The summed E-state index contributed by atoms with van der Waals surface area (Å²) in [6.07, 6.45) is 0.939. The molecule has 0 radical (unpaired) electrons. The molecule has 12 atom stereocenters. The predicted octanol–water partition coefficient (Wildman–Crippen LogP) is 5.44. The van der Waals surface area contributed by atoms with Gasteiger partial charge in [0.1, 0.15) is 66.2 Å². The summed E-state index contributed by atoms with van der Waals surface area (Å²) in [5, 5.41) is 25.8. The molecule has 2 aromatic rings. The normalized spacial score (nSPS) is 24.3. The van der Waals surface area contributed by atoms with Crippen molar-refractivity contribution in [3.63, 3.8) is 0 Å². The molecule has 2 aromatic carbocycles. The molecule has 2 heterocycles. The Hall–Kier alpha value is -8.69. The van der Waals surface area contributed by atoms with E-state index in [1.807, 2.05) is 76.2 Å². The number of methoxy groups -OCH3 is 1. The molecule has 28 nitrogen and oxygen atoms in total. The van der Waals surface area contributed by atoms with Crippen molar-refractivity contribution in [3.8, 4) is 5.75 Å². The lowest BCUT2D eigenvalue weighted by atomic mass is 9.94. The lowest BCUT2D eigenvalue weighted by molar-refractivity contribution is -0.152. The highest BCUT2D eigenvalue weighted by molar-refractivity contribution is 6.00. The summed E-state index contributed by atoms with van der Waals surface area (Å²) in [6.45, 7) is 24.3. The Bertz CT molecular complexity index is 3430. The number of aliphatic hydroxyl groups is 1. The Morgan fingerprint density at radius 3 is 1.44 bits per heavy atom. The van der Waals surface area contributed by atoms with E-state index in [4.69, 9.17) is 4.74 Å². The summed E-state index contributed by atoms with van der Waals surface area (Å²) >= 11 is 0. The largest absolute Gasteiger partial charge is 0.496 e. The van der Waals surface area contributed by atoms with Crippen LogP contribution in [0, 0.1) is 35.5 Å². The molecule has 0 bridgehead atoms. The van der Waals surface area contributed by atoms with Gasteiger partial charge in [0.05, 0.1) is 25.2 Å². The van der Waals surface area contributed by atoms with Crippen LogP contribution < -0.4 is 31.3 Å². The second kappa shape index (κ2) is 44.4. The monoisotopic (exact) mass is 1540 g/mol. The Morgan fingerprint density at radius 2 is 0.945 bits per heavy atom. The molecular weight excluding hydrogens is 1410 g/mol. The lowest BCUT2D eigenvalue weighted by Gasteiger charge is -2.39. The summed E-state index contributed by atoms with van der Waals surface area (Å²) in [7, 11) is 13.0. The maximum atomic E-state index is 15.8. The highest BCUT2D eigenvalue weighted by Crippen LogP contribution is 2.27. The highest BCUT2D eigenvalue weighted by atomic mass is 16.5. The van der Waals surface area contributed by atoms with Crippen molar-refractivity contribution in [1.82, 2.24) is 65.8 Å². The molecule has 0 saturated carbocycles. The average Bonchev–Trinajstić information content (AvgIpc) is 0.811. The molecule has 2 saturated heterocycles. The maximum Gasteiger partial charge on any atom is 0.254 e. The molecule has 4 rings (SSSR count). The molecule has 1 unspecified atom stereocenters. The Morgan fingerprint density at radius 1 is 0.500 bits per heavy atom. The first-order valence-electron chi connectivity index (χ1n) is 39.6. The van der Waals surface area contributed by atoms with Gasteiger partial charge < -0.3 is 75.6 Å². The minimum Gasteiger partial charge on any atom is -0.496 e. The van der Waals surface area contributed by atoms with Gasteiger partial charge in [0.25, 0.3) is 5.91 Å². The van der Waals surface area contributed by atoms with Gasteiger partial charge >= 0.3 is 0 Å². The van der Waals surface area contributed by atoms with Gasteiger partial charge in [-0.25, -0.2) is 0 Å². The van der Waals surface area contributed by atoms with Crippen LogP contribution in [0.15, 0.2) is 48.5 Å². The fraction of sp³-hybridized carbons (Fsp3) is 0.695. The summed E-state index contributed by atoms with van der Waals surface area (Å²) in [5.41, 5.74) is 1.50. The van der Waals surface area contributed by atoms with E-state index in [1.54, 1.807) is 60.4 Å². The number of carbonyl (C=O) groups excluding carboxylic acids is 13. The van der Waals surface area contributed by atoms with E-state index in [1.165, 1.54) is 99.8 Å². The van der Waals surface area contributed by atoms with Crippen LogP contribution in [0.2, 0.25) is 0 Å². The van der Waals surface area contributed by atoms with Crippen LogP contribution in [-0.4, -0.2) is 271 Å². The third-order valence-electron chi connectivity index (χ3n) is 21.3. The van der Waals surface area contributed by atoms with Crippen LogP contribution in [-0.2, 0) is 70.4 Å². The molecule has 2 aliphatic heterocycles. The number of nitrogens with zero attached hydrogens (tertiary/aromatic N) is 8. The van der Waals surface area contributed by atoms with Crippen LogP contribution in [0.25, 0.3) is 0 Å². The predicted molar refractivity (Wildman–Crippen MR) is 422 cm³/mol. The molecule has 2 aliphatic rings. The first-order chi connectivity index (χ1) is 51.6. The van der Waals surface area contributed by atoms with Gasteiger partial charge in [-0.15, -0.1) is 0 Å². The van der Waals surface area contributed by atoms with E-state index in [2.05, 4.69) is 26.6 Å². The lowest BCUT2D eigenvalue weighted by Crippen LogP contribution is -2.63. The van der Waals surface area contributed by atoms with Gasteiger partial charge in [0.15, 0.2) is 0 Å². The van der Waals surface area contributed by atoms with Crippen molar-refractivity contribution in [2.75, 3.05) is 83.1 Å². The zero-order chi connectivity index (χ0) is 82.9. The summed E-state index contributed by atoms with van der Waals surface area (Å²) in [5.74, 6) is -9.80. The first-order valence-corrected chi connectivity index (χ1v) is 39.6. The number of hydrogen-bond donors (Lipinski definition) is 6. The minimum atomic E-state index is -1.72. The number of amides is 13. The van der Waals surface area contributed by atoms with E-state index in [0.29, 0.717) is 43.5 Å². The van der Waals surface area contributed by atoms with E-state index in [-0.39, 0.29) is 112 Å². The zero-order valence-electron chi connectivity index (χ0n) is 69.9. The average molecular weight is 1540 g/mol. The third-order valence-corrected chi connectivity index (χ3v) is 21.3. The number of rotatable bonds is 21. The Labute approximate surface area is 654 Å². The quantitative estimate of drug-likeness (QED) is 0.0906. The fourth-order valence-corrected chi connectivity index (χ4v) is 14.3. The fourth-order valence-electron chi connectivity index (χ4n) is 14.3. The van der Waals surface area contributed by atoms with E-state index in [9.17, 15) is 29.1 Å². The van der Waals surface area contributed by atoms with Gasteiger partial charge in [-0.1, -0.05) is 126 Å². The number of likely N-dealkylation sites (N-methyl/N-ethyl adjacent to an activating group) is 6. The minimum absolute atomic E-state index is 0.00354. The number of ether oxygens (including phenoxy) is 1. The van der Waals surface area contributed by atoms with Crippen LogP contribution in [0.4, 0.5) is 0 Å². The van der Waals surface area contributed by atoms with Crippen LogP contribution in [0.1, 0.15) is 195 Å². The molecule has 616 valence electrons. The molecular formula is C82H133N13O15. The summed E-state index contributed by atoms with van der Waals surface area (Å²) in [6, 6.07) is 0.484. The van der Waals surface area contributed by atoms with E-state index >= 15 is 38.4 Å². The second-order valence-electron chi connectivity index (χ2n) is 32.6. The second-order valence-corrected chi connectivity index (χ2v) is 32.6. The maximum absolute atomic E-state index is 15.8. The Balaban J connectivity index is 2.02. The molecule has 13 amide bonds. The van der Waals surface area contributed by atoms with Crippen LogP contribution in [0.3, 0.4) is 0 Å². The summed E-state index contributed by atoms with van der Waals surface area (Å²) in [4.78, 5) is 205. The molecule has 28 heteroatoms. The van der Waals surface area contributed by atoms with Crippen molar-refractivity contribution in [2.45, 2.75) is 253 Å². The molecule has 0 aliphatic carbocycles. The van der Waals surface area contributed by atoms with Crippen LogP contribution >= 0.6 is 0 Å². The standard InChI is InChI=1S/C82H133N13O15/c1-23-54(12)70-81(108)94(21)66(46-56-31-26-24-27-32-56)80(107)92(19)62(42-50(4)5)73(100)84-59(37-35-57-34-36-58(72(99)83-14)67(47-57)110-22)77(104)90(17)64(44-52(8)9)76(103)87-71(55(13)96)82(109)93(20)65(45-53(10)11)79(106)91(18)63(43-51(6)7)74(101)85-60(78(105)95-39-28-25-29-40-95)48-69(98)88(15)38-30-33-68(97)89(16)61(41-49(2)3)75(102)86-70/h24,26-27,31-32,34,36,47,49-55,59-66,70-71,96H,23,25,28-30,33,35,37-46,48H2,1-22H3,(H,83,99)(H,84,100)(H,85,101)(H,86,102)(H,87,103)/t54-,55?,59+,60-,61-,62-,63-,64-,65-,66-,70-,71-/m0/s1. The Kier molecular flexibility index (Phi) is 37.8. The molecule has 110 heavy (non-hydrogen) atoms. The number of aliphatic hydroxyl groups excluding tert-OH is 1. The number of carbonyl (C=O) groups is 13. The van der Waals surface area contributed by atoms with Gasteiger partial charge in [-0.2, -0.15) is 0 Å². The van der Waals surface area contributed by atoms with Crippen molar-refractivity contribution in [3.05, 3.63) is 65.2 Å². The van der Waals surface area contributed by atoms with Crippen molar-refractivity contribution < 1.29 is 72.2 Å². The van der Waals surface area contributed by atoms with Gasteiger partial charge in [0.2, 0.25) is 70.9 Å². The molecule has 2 fully saturated rings. The van der Waals surface area contributed by atoms with Gasteiger partial charge in [0, 0.05) is 88.9 Å². The number of aryl methyl sites for hydroxylation is 1. The van der Waals surface area contributed by atoms with Crippen molar-refractivity contribution in [2.24, 2.45) is 35.5 Å². The van der Waals surface area contributed by atoms with Crippen LogP contribution in [0.5, 0.6) is 5.75 Å². The van der Waals surface area contributed by atoms with Crippen molar-refractivity contribution in [1.29, 1.82) is 0 Å². The molecule has 0 spiro atoms. The molecule has 0 aromatic heterocycles. The van der Waals surface area contributed by atoms with Gasteiger partial charge in [-0.05, 0) is 136 Å². The SMILES string of the molecule is CC[C@H](C)[C@@H]1NC(=O)[C@H](CC(C)C)N(C)C(=O)CCCN(C)C(=O)C[C@@H](C(=O)N2CCCCC2)NC(=O)[C@H](CC(C)C)N(C)C(=O)[C@H](CC(C)C)N(C)C(=O)[C@H](C(C)O)NC(=O)[C@H](CC(C)C)N(C)C(=O)[C@@H](CCc2ccc(C(=O)NC)c(OC)c2)NC(=O)[C@H](CC(C)C)N(C)C(=O)[C@H](Cc2ccccc2)N(C)C1=O. The van der Waals surface area contributed by atoms with E-state index in [0.717, 1.165) is 11.3 Å². The van der Waals surface area contributed by atoms with Crippen molar-refractivity contribution >= 4 is 76.8 Å². The first kappa shape index (κ1) is 93.7. The topological polar surface area (TPSA) is 337 Å². The number of nitrogens with one attached hydrogen (secondary N) is 5. The number of piperidine rings is 1. The summed E-state index contributed by atoms with van der Waals surface area (Å²) < 4.78 is 5.63. The zero-order valence-corrected chi connectivity index (χ0v) is 69.9. The smallest absolute Gasteiger partial charge is 0.254 e. The third kappa shape index (κ3) is 26.8. The number of benzene rings is 2. The number of likely N-dealkylation sites (tertiary alicyclic amines) is 1. The molecule has 6 N–H and O–H groups in total. The highest BCUT2D eigenvalue weighted by Gasteiger charge is 2.45. The number of hydrogen-bond acceptors (Lipinski definition) is 15.